The van der Waals surface area contributed by atoms with E-state index in [2.05, 4.69) is 107 Å². The molecular weight excluding hydrogens is 434 g/mol. The van der Waals surface area contributed by atoms with E-state index in [0.717, 1.165) is 28.1 Å². The normalized spacial score (nSPS) is 11.9. The molecule has 5 aromatic rings. The van der Waals surface area contributed by atoms with Gasteiger partial charge in [0.1, 0.15) is 11.8 Å². The molecule has 0 bridgehead atoms. The second-order valence-electron chi connectivity index (χ2n) is 7.96. The monoisotopic (exact) mass is 453 g/mol. The Morgan fingerprint density at radius 3 is 1.79 bits per heavy atom. The first kappa shape index (κ1) is 20.3. The van der Waals surface area contributed by atoms with Crippen molar-refractivity contribution in [3.63, 3.8) is 0 Å². The van der Waals surface area contributed by atoms with Crippen LogP contribution in [0, 0.1) is 11.3 Å². The summed E-state index contributed by atoms with van der Waals surface area (Å²) in [4.78, 5) is 9.40. The standard InChI is InChI=1S/C30H19N3S/c31-20-21-10-9-14-25(32-21)23-12-2-1-11-22(23)24-13-3-4-15-26(24)33-27-16-5-7-18-29(27)34-30-19-8-6-17-28(30)33/h1-19H. The van der Waals surface area contributed by atoms with Gasteiger partial charge in [-0.05, 0) is 48.0 Å². The van der Waals surface area contributed by atoms with Gasteiger partial charge in [-0.1, -0.05) is 84.6 Å². The van der Waals surface area contributed by atoms with Crippen molar-refractivity contribution in [3.8, 4) is 28.5 Å². The maximum atomic E-state index is 9.37. The predicted octanol–water partition coefficient (Wildman–Crippen LogP) is 8.22. The zero-order chi connectivity index (χ0) is 22.9. The van der Waals surface area contributed by atoms with E-state index in [1.165, 1.54) is 21.2 Å². The Labute approximate surface area is 203 Å². The fourth-order valence-corrected chi connectivity index (χ4v) is 5.51. The molecule has 0 amide bonds. The molecule has 0 fully saturated rings. The second kappa shape index (κ2) is 8.55. The van der Waals surface area contributed by atoms with Gasteiger partial charge in [0, 0.05) is 20.9 Å². The van der Waals surface area contributed by atoms with Crippen molar-refractivity contribution in [2.75, 3.05) is 4.90 Å². The van der Waals surface area contributed by atoms with Gasteiger partial charge in [0.05, 0.1) is 22.8 Å². The lowest BCUT2D eigenvalue weighted by molar-refractivity contribution is 1.17. The molecule has 2 heterocycles. The number of aromatic nitrogens is 1. The number of anilines is 3. The number of fused-ring (bicyclic) bond motifs is 2. The highest BCUT2D eigenvalue weighted by molar-refractivity contribution is 7.99. The molecule has 34 heavy (non-hydrogen) atoms. The van der Waals surface area contributed by atoms with Crippen LogP contribution in [0.15, 0.2) is 125 Å². The highest BCUT2D eigenvalue weighted by Gasteiger charge is 2.26. The van der Waals surface area contributed by atoms with Crippen molar-refractivity contribution in [1.29, 1.82) is 5.26 Å². The molecule has 0 saturated heterocycles. The molecule has 1 aromatic heterocycles. The Bertz CT molecular complexity index is 1520. The first-order chi connectivity index (χ1) is 16.8. The number of hydrogen-bond acceptors (Lipinski definition) is 4. The minimum Gasteiger partial charge on any atom is -0.308 e. The summed E-state index contributed by atoms with van der Waals surface area (Å²) in [6.07, 6.45) is 0. The van der Waals surface area contributed by atoms with Gasteiger partial charge in [0.25, 0.3) is 0 Å². The lowest BCUT2D eigenvalue weighted by Crippen LogP contribution is -2.15. The summed E-state index contributed by atoms with van der Waals surface area (Å²) in [5.74, 6) is 0. The molecule has 3 nitrogen and oxygen atoms in total. The molecule has 0 unspecified atom stereocenters. The minimum absolute atomic E-state index is 0.413. The van der Waals surface area contributed by atoms with Gasteiger partial charge in [0.2, 0.25) is 0 Å². The fraction of sp³-hybridized carbons (Fsp3) is 0. The van der Waals surface area contributed by atoms with Crippen LogP contribution in [0.5, 0.6) is 0 Å². The summed E-state index contributed by atoms with van der Waals surface area (Å²) in [5, 5.41) is 9.37. The third-order valence-electron chi connectivity index (χ3n) is 5.93. The quantitative estimate of drug-likeness (QED) is 0.271. The third-order valence-corrected chi connectivity index (χ3v) is 7.06. The first-order valence-electron chi connectivity index (χ1n) is 11.1. The highest BCUT2D eigenvalue weighted by atomic mass is 32.2. The fourth-order valence-electron chi connectivity index (χ4n) is 4.45. The first-order valence-corrected chi connectivity index (χ1v) is 11.9. The predicted molar refractivity (Wildman–Crippen MR) is 139 cm³/mol. The van der Waals surface area contributed by atoms with Crippen molar-refractivity contribution in [2.45, 2.75) is 9.79 Å². The Kier molecular flexibility index (Phi) is 5.10. The van der Waals surface area contributed by atoms with Gasteiger partial charge in [0.15, 0.2) is 0 Å². The number of para-hydroxylation sites is 3. The van der Waals surface area contributed by atoms with Crippen molar-refractivity contribution < 1.29 is 0 Å². The van der Waals surface area contributed by atoms with E-state index in [0.29, 0.717) is 5.69 Å². The zero-order valence-corrected chi connectivity index (χ0v) is 19.0. The van der Waals surface area contributed by atoms with Crippen LogP contribution in [0.25, 0.3) is 22.4 Å². The smallest absolute Gasteiger partial charge is 0.141 e. The van der Waals surface area contributed by atoms with Crippen LogP contribution in [0.3, 0.4) is 0 Å². The number of nitrogens with zero attached hydrogens (tertiary/aromatic N) is 3. The van der Waals surface area contributed by atoms with Gasteiger partial charge in [-0.25, -0.2) is 4.98 Å². The van der Waals surface area contributed by atoms with Gasteiger partial charge in [-0.15, -0.1) is 0 Å². The van der Waals surface area contributed by atoms with E-state index < -0.39 is 0 Å². The summed E-state index contributed by atoms with van der Waals surface area (Å²) in [6, 6.07) is 41.6. The number of benzene rings is 4. The molecular formula is C30H19N3S. The molecule has 4 heteroatoms. The minimum atomic E-state index is 0.413. The molecule has 0 N–H and O–H groups in total. The van der Waals surface area contributed by atoms with Crippen LogP contribution < -0.4 is 4.90 Å². The van der Waals surface area contributed by atoms with Crippen LogP contribution in [0.1, 0.15) is 5.69 Å². The van der Waals surface area contributed by atoms with Crippen LogP contribution in [-0.4, -0.2) is 4.98 Å². The van der Waals surface area contributed by atoms with E-state index in [4.69, 9.17) is 0 Å². The summed E-state index contributed by atoms with van der Waals surface area (Å²) < 4.78 is 0. The average molecular weight is 454 g/mol. The second-order valence-corrected chi connectivity index (χ2v) is 9.04. The van der Waals surface area contributed by atoms with Crippen LogP contribution in [0.4, 0.5) is 17.1 Å². The van der Waals surface area contributed by atoms with E-state index in [1.54, 1.807) is 17.8 Å². The zero-order valence-electron chi connectivity index (χ0n) is 18.2. The van der Waals surface area contributed by atoms with Crippen molar-refractivity contribution in [3.05, 3.63) is 121 Å². The van der Waals surface area contributed by atoms with Gasteiger partial charge in [-0.2, -0.15) is 5.26 Å². The van der Waals surface area contributed by atoms with Gasteiger partial charge >= 0.3 is 0 Å². The van der Waals surface area contributed by atoms with Crippen LogP contribution >= 0.6 is 11.8 Å². The lowest BCUT2D eigenvalue weighted by atomic mass is 9.95. The molecule has 0 spiro atoms. The number of pyridine rings is 1. The van der Waals surface area contributed by atoms with Gasteiger partial charge < -0.3 is 4.90 Å². The Morgan fingerprint density at radius 2 is 1.12 bits per heavy atom. The Morgan fingerprint density at radius 1 is 0.559 bits per heavy atom. The van der Waals surface area contributed by atoms with Gasteiger partial charge in [-0.3, -0.25) is 0 Å². The summed E-state index contributed by atoms with van der Waals surface area (Å²) in [5.41, 5.74) is 7.83. The summed E-state index contributed by atoms with van der Waals surface area (Å²) >= 11 is 1.80. The van der Waals surface area contributed by atoms with Crippen molar-refractivity contribution in [2.24, 2.45) is 0 Å². The maximum absolute atomic E-state index is 9.37. The van der Waals surface area contributed by atoms with E-state index in [9.17, 15) is 5.26 Å². The number of rotatable bonds is 3. The van der Waals surface area contributed by atoms with E-state index >= 15 is 0 Å². The van der Waals surface area contributed by atoms with E-state index in [1.807, 2.05) is 18.2 Å². The van der Waals surface area contributed by atoms with E-state index in [-0.39, 0.29) is 0 Å². The molecule has 4 aromatic carbocycles. The largest absolute Gasteiger partial charge is 0.308 e. The Balaban J connectivity index is 1.59. The topological polar surface area (TPSA) is 39.9 Å². The molecule has 0 radical (unpaired) electrons. The highest BCUT2D eigenvalue weighted by Crippen LogP contribution is 2.53. The Hall–Kier alpha value is -4.33. The molecule has 1 aliphatic rings. The lowest BCUT2D eigenvalue weighted by Gasteiger charge is -2.34. The summed E-state index contributed by atoms with van der Waals surface area (Å²) in [6.45, 7) is 0. The maximum Gasteiger partial charge on any atom is 0.141 e. The number of hydrogen-bond donors (Lipinski definition) is 0. The molecule has 6 rings (SSSR count). The molecule has 0 saturated carbocycles. The molecule has 1 aliphatic heterocycles. The molecule has 160 valence electrons. The number of nitriles is 1. The average Bonchev–Trinajstić information content (AvgIpc) is 2.92. The molecule has 0 atom stereocenters. The molecule has 0 aliphatic carbocycles. The van der Waals surface area contributed by atoms with Crippen LogP contribution in [-0.2, 0) is 0 Å². The van der Waals surface area contributed by atoms with Crippen molar-refractivity contribution >= 4 is 28.8 Å². The SMILES string of the molecule is N#Cc1cccc(-c2ccccc2-c2ccccc2N2c3ccccc3Sc3ccccc32)n1. The third kappa shape index (κ3) is 3.44. The van der Waals surface area contributed by atoms with Crippen LogP contribution in [0.2, 0.25) is 0 Å². The van der Waals surface area contributed by atoms with Crippen molar-refractivity contribution in [1.82, 2.24) is 4.98 Å². The summed E-state index contributed by atoms with van der Waals surface area (Å²) in [7, 11) is 0.